The van der Waals surface area contributed by atoms with Gasteiger partial charge >= 0.3 is 12.2 Å². The van der Waals surface area contributed by atoms with Gasteiger partial charge in [0.1, 0.15) is 0 Å². The van der Waals surface area contributed by atoms with Crippen LogP contribution in [0.3, 0.4) is 0 Å². The molecule has 32 heavy (non-hydrogen) atoms. The first-order valence-corrected chi connectivity index (χ1v) is 11.0. The van der Waals surface area contributed by atoms with E-state index in [-0.39, 0.29) is 0 Å². The summed E-state index contributed by atoms with van der Waals surface area (Å²) in [7, 11) is -4.43. The number of benzene rings is 3. The van der Waals surface area contributed by atoms with Crippen LogP contribution in [0.1, 0.15) is 24.1 Å². The van der Waals surface area contributed by atoms with E-state index in [4.69, 9.17) is 0 Å². The molecule has 2 amide bonds. The average molecular weight is 463 g/mol. The largest absolute Gasteiger partial charge is 0.417 e. The molecule has 168 valence electrons. The maximum absolute atomic E-state index is 13.2. The maximum atomic E-state index is 13.2. The lowest BCUT2D eigenvalue weighted by Crippen LogP contribution is -2.29. The molecule has 3 rings (SSSR count). The summed E-state index contributed by atoms with van der Waals surface area (Å²) in [6.45, 7) is 1.51. The quantitative estimate of drug-likeness (QED) is 0.458. The van der Waals surface area contributed by atoms with Crippen LogP contribution in [-0.4, -0.2) is 14.4 Å². The fourth-order valence-corrected chi connectivity index (χ4v) is 4.43. The Morgan fingerprint density at radius 2 is 1.34 bits per heavy atom. The van der Waals surface area contributed by atoms with Gasteiger partial charge in [-0.3, -0.25) is 0 Å². The average Bonchev–Trinajstić information content (AvgIpc) is 2.74. The number of carbonyl (C=O) groups is 1. The molecule has 0 fully saturated rings. The summed E-state index contributed by atoms with van der Waals surface area (Å²) in [6.07, 6.45) is -4.80. The molecule has 6 nitrogen and oxygen atoms in total. The molecule has 0 saturated heterocycles. The molecule has 1 atom stereocenters. The number of alkyl halides is 3. The van der Waals surface area contributed by atoms with Gasteiger partial charge in [0, 0.05) is 17.4 Å². The van der Waals surface area contributed by atoms with Gasteiger partial charge in [-0.15, -0.1) is 0 Å². The molecule has 0 bridgehead atoms. The molecule has 3 aromatic rings. The first-order valence-electron chi connectivity index (χ1n) is 9.48. The predicted molar refractivity (Wildman–Crippen MR) is 116 cm³/mol. The van der Waals surface area contributed by atoms with Crippen molar-refractivity contribution in [2.75, 3.05) is 10.6 Å². The normalized spacial score (nSPS) is 12.8. The number of rotatable bonds is 6. The minimum atomic E-state index is -4.80. The lowest BCUT2D eigenvalue weighted by atomic mass is 10.1. The molecular weight excluding hydrogens is 443 g/mol. The van der Waals surface area contributed by atoms with Gasteiger partial charge in [0.05, 0.1) is 10.5 Å². The van der Waals surface area contributed by atoms with Crippen LogP contribution < -0.4 is 15.4 Å². The minimum Gasteiger partial charge on any atom is -0.308 e. The van der Waals surface area contributed by atoms with Gasteiger partial charge in [-0.05, 0) is 48.9 Å². The molecule has 0 spiro atoms. The van der Waals surface area contributed by atoms with Crippen LogP contribution in [0.4, 0.5) is 29.3 Å². The third-order valence-corrected chi connectivity index (χ3v) is 6.11. The number of para-hydroxylation sites is 1. The Balaban J connectivity index is 1.68. The van der Waals surface area contributed by atoms with Crippen LogP contribution in [0.2, 0.25) is 0 Å². The Morgan fingerprint density at radius 1 is 0.812 bits per heavy atom. The lowest BCUT2D eigenvalue weighted by Gasteiger charge is -2.18. The van der Waals surface area contributed by atoms with Crippen molar-refractivity contribution in [3.05, 3.63) is 90.0 Å². The number of sulfonamides is 1. The van der Waals surface area contributed by atoms with Gasteiger partial charge in [0.15, 0.2) is 0 Å². The van der Waals surface area contributed by atoms with Crippen molar-refractivity contribution in [1.82, 2.24) is 4.72 Å². The Kier molecular flexibility index (Phi) is 6.85. The monoisotopic (exact) mass is 463 g/mol. The highest BCUT2D eigenvalue weighted by molar-refractivity contribution is 7.89. The third kappa shape index (κ3) is 5.86. The third-order valence-electron chi connectivity index (χ3n) is 4.51. The highest BCUT2D eigenvalue weighted by Gasteiger charge is 2.37. The Bertz CT molecular complexity index is 1180. The summed E-state index contributed by atoms with van der Waals surface area (Å²) in [6, 6.07) is 17.8. The van der Waals surface area contributed by atoms with E-state index in [0.717, 1.165) is 18.2 Å². The molecule has 0 aliphatic heterocycles. The summed E-state index contributed by atoms with van der Waals surface area (Å²) in [5, 5.41) is 5.30. The molecule has 0 aliphatic rings. The van der Waals surface area contributed by atoms with Crippen molar-refractivity contribution in [2.45, 2.75) is 24.0 Å². The number of carbonyl (C=O) groups excluding carboxylic acids is 1. The lowest BCUT2D eigenvalue weighted by molar-refractivity contribution is -0.139. The van der Waals surface area contributed by atoms with Gasteiger partial charge in [-0.1, -0.05) is 42.5 Å². The number of hydrogen-bond acceptors (Lipinski definition) is 3. The molecule has 0 radical (unpaired) electrons. The Labute approximate surface area is 183 Å². The van der Waals surface area contributed by atoms with Gasteiger partial charge < -0.3 is 10.6 Å². The first kappa shape index (κ1) is 23.3. The van der Waals surface area contributed by atoms with Gasteiger partial charge in [-0.25, -0.2) is 17.9 Å². The zero-order chi connectivity index (χ0) is 23.4. The Morgan fingerprint density at radius 3 is 1.94 bits per heavy atom. The molecule has 0 saturated carbocycles. The van der Waals surface area contributed by atoms with Crippen molar-refractivity contribution >= 4 is 27.4 Å². The fraction of sp³-hybridized carbons (Fsp3) is 0.136. The topological polar surface area (TPSA) is 87.3 Å². The van der Waals surface area contributed by atoms with Crippen molar-refractivity contribution in [2.24, 2.45) is 0 Å². The second-order valence-corrected chi connectivity index (χ2v) is 8.59. The summed E-state index contributed by atoms with van der Waals surface area (Å²) in [4.78, 5) is 11.2. The minimum absolute atomic E-state index is 0.457. The summed E-state index contributed by atoms with van der Waals surface area (Å²) in [5.74, 6) is 0. The van der Waals surface area contributed by atoms with Crippen LogP contribution in [0.5, 0.6) is 0 Å². The molecule has 10 heteroatoms. The number of amides is 2. The number of anilines is 2. The van der Waals surface area contributed by atoms with E-state index in [0.29, 0.717) is 16.9 Å². The SMILES string of the molecule is CC(NS(=O)(=O)c1ccccc1C(F)(F)F)c1ccc(NC(=O)Nc2ccccc2)cc1. The predicted octanol–water partition coefficient (Wildman–Crippen LogP) is 5.39. The molecular formula is C22H20F3N3O3S. The zero-order valence-corrected chi connectivity index (χ0v) is 17.7. The zero-order valence-electron chi connectivity index (χ0n) is 16.8. The molecule has 1 unspecified atom stereocenters. The highest BCUT2D eigenvalue weighted by atomic mass is 32.2. The molecule has 0 aromatic heterocycles. The second-order valence-electron chi connectivity index (χ2n) is 6.90. The highest BCUT2D eigenvalue weighted by Crippen LogP contribution is 2.34. The molecule has 3 N–H and O–H groups in total. The number of nitrogens with one attached hydrogen (secondary N) is 3. The van der Waals surface area contributed by atoms with E-state index in [9.17, 15) is 26.4 Å². The molecule has 3 aromatic carbocycles. The first-order chi connectivity index (χ1) is 15.1. The number of urea groups is 1. The fourth-order valence-electron chi connectivity index (χ4n) is 2.97. The van der Waals surface area contributed by atoms with Crippen molar-refractivity contribution in [1.29, 1.82) is 0 Å². The van der Waals surface area contributed by atoms with E-state index >= 15 is 0 Å². The van der Waals surface area contributed by atoms with Crippen LogP contribution in [0.25, 0.3) is 0 Å². The van der Waals surface area contributed by atoms with Crippen LogP contribution in [0, 0.1) is 0 Å². The maximum Gasteiger partial charge on any atom is 0.417 e. The molecule has 0 aliphatic carbocycles. The van der Waals surface area contributed by atoms with E-state index in [1.54, 1.807) is 48.5 Å². The summed E-state index contributed by atoms with van der Waals surface area (Å²) in [5.41, 5.74) is 0.346. The van der Waals surface area contributed by atoms with E-state index in [1.807, 2.05) is 6.07 Å². The van der Waals surface area contributed by atoms with Crippen molar-refractivity contribution < 1.29 is 26.4 Å². The van der Waals surface area contributed by atoms with Crippen LogP contribution >= 0.6 is 0 Å². The number of halogens is 3. The van der Waals surface area contributed by atoms with Crippen LogP contribution in [0.15, 0.2) is 83.8 Å². The standard InChI is InChI=1S/C22H20F3N3O3S/c1-15(28-32(30,31)20-10-6-5-9-19(20)22(23,24)25)16-11-13-18(14-12-16)27-21(29)26-17-7-3-2-4-8-17/h2-15,28H,1H3,(H2,26,27,29). The molecule has 0 heterocycles. The van der Waals surface area contributed by atoms with E-state index in [2.05, 4.69) is 15.4 Å². The summed E-state index contributed by atoms with van der Waals surface area (Å²) >= 11 is 0. The van der Waals surface area contributed by atoms with Gasteiger partial charge in [-0.2, -0.15) is 13.2 Å². The van der Waals surface area contributed by atoms with Gasteiger partial charge in [0.2, 0.25) is 10.0 Å². The van der Waals surface area contributed by atoms with Crippen LogP contribution in [-0.2, 0) is 16.2 Å². The second kappa shape index (κ2) is 9.41. The van der Waals surface area contributed by atoms with E-state index in [1.165, 1.54) is 13.0 Å². The van der Waals surface area contributed by atoms with Gasteiger partial charge in [0.25, 0.3) is 0 Å². The van der Waals surface area contributed by atoms with E-state index < -0.39 is 38.7 Å². The van der Waals surface area contributed by atoms with Crippen molar-refractivity contribution in [3.8, 4) is 0 Å². The smallest absolute Gasteiger partial charge is 0.308 e. The summed E-state index contributed by atoms with van der Waals surface area (Å²) < 4.78 is 67.0. The number of hydrogen-bond donors (Lipinski definition) is 3. The van der Waals surface area contributed by atoms with Crippen molar-refractivity contribution in [3.63, 3.8) is 0 Å². The Hall–Kier alpha value is -3.37.